The SMILES string of the molecule is CCCCc1cccc(N2CCN(C)C3=C(CN(C)C(OC)=N3)C2=O)c1. The van der Waals surface area contributed by atoms with Gasteiger partial charge >= 0.3 is 0 Å². The van der Waals surface area contributed by atoms with Gasteiger partial charge in [0, 0.05) is 32.9 Å². The minimum Gasteiger partial charge on any atom is -0.468 e. The van der Waals surface area contributed by atoms with Crippen LogP contribution in [0.1, 0.15) is 25.3 Å². The van der Waals surface area contributed by atoms with Crippen molar-refractivity contribution in [2.75, 3.05) is 45.7 Å². The molecule has 6 nitrogen and oxygen atoms in total. The maximum absolute atomic E-state index is 13.3. The monoisotopic (exact) mass is 356 g/mol. The fourth-order valence-corrected chi connectivity index (χ4v) is 3.43. The number of aliphatic imine (C=N–C) groups is 1. The summed E-state index contributed by atoms with van der Waals surface area (Å²) < 4.78 is 5.33. The molecule has 0 N–H and O–H groups in total. The number of aryl methyl sites for hydroxylation is 1. The molecule has 26 heavy (non-hydrogen) atoms. The lowest BCUT2D eigenvalue weighted by molar-refractivity contribution is -0.115. The number of amidine groups is 1. The number of hydrogen-bond acceptors (Lipinski definition) is 5. The van der Waals surface area contributed by atoms with Crippen molar-refractivity contribution >= 4 is 17.6 Å². The number of methoxy groups -OCH3 is 1. The molecular weight excluding hydrogens is 328 g/mol. The summed E-state index contributed by atoms with van der Waals surface area (Å²) >= 11 is 0. The Labute approximate surface area is 155 Å². The summed E-state index contributed by atoms with van der Waals surface area (Å²) in [4.78, 5) is 23.6. The second kappa shape index (κ2) is 7.81. The van der Waals surface area contributed by atoms with Crippen molar-refractivity contribution in [3.8, 4) is 0 Å². The van der Waals surface area contributed by atoms with E-state index in [0.29, 0.717) is 24.7 Å². The second-order valence-electron chi connectivity index (χ2n) is 6.91. The lowest BCUT2D eigenvalue weighted by Crippen LogP contribution is -2.40. The van der Waals surface area contributed by atoms with Gasteiger partial charge in [-0.05, 0) is 30.5 Å². The molecule has 0 saturated carbocycles. The highest BCUT2D eigenvalue weighted by molar-refractivity contribution is 6.07. The predicted octanol–water partition coefficient (Wildman–Crippen LogP) is 2.47. The van der Waals surface area contributed by atoms with Gasteiger partial charge in [0.2, 0.25) is 0 Å². The molecule has 2 aliphatic rings. The van der Waals surface area contributed by atoms with Gasteiger partial charge in [0.1, 0.15) is 5.82 Å². The Hall–Kier alpha value is -2.50. The molecular formula is C20H28N4O2. The van der Waals surface area contributed by atoms with Crippen LogP contribution in [0.15, 0.2) is 40.7 Å². The van der Waals surface area contributed by atoms with Crippen molar-refractivity contribution in [2.45, 2.75) is 26.2 Å². The minimum atomic E-state index is 0.0303. The molecule has 3 rings (SSSR count). The Bertz CT molecular complexity index is 741. The van der Waals surface area contributed by atoms with Crippen LogP contribution in [0, 0.1) is 0 Å². The van der Waals surface area contributed by atoms with Gasteiger partial charge in [0.25, 0.3) is 11.9 Å². The first kappa shape index (κ1) is 18.3. The molecule has 0 unspecified atom stereocenters. The van der Waals surface area contributed by atoms with Crippen LogP contribution in [0.5, 0.6) is 0 Å². The summed E-state index contributed by atoms with van der Waals surface area (Å²) in [5.41, 5.74) is 2.96. The molecule has 0 aromatic heterocycles. The Morgan fingerprint density at radius 1 is 1.19 bits per heavy atom. The lowest BCUT2D eigenvalue weighted by Gasteiger charge is -2.29. The smallest absolute Gasteiger partial charge is 0.293 e. The van der Waals surface area contributed by atoms with E-state index in [2.05, 4.69) is 24.0 Å². The first-order chi connectivity index (χ1) is 12.5. The zero-order valence-electron chi connectivity index (χ0n) is 16.2. The largest absolute Gasteiger partial charge is 0.468 e. The maximum atomic E-state index is 13.3. The van der Waals surface area contributed by atoms with E-state index in [9.17, 15) is 4.79 Å². The Morgan fingerprint density at radius 2 is 2.00 bits per heavy atom. The Kier molecular flexibility index (Phi) is 5.49. The second-order valence-corrected chi connectivity index (χ2v) is 6.91. The van der Waals surface area contributed by atoms with Crippen molar-refractivity contribution in [1.82, 2.24) is 9.80 Å². The molecule has 0 saturated heterocycles. The van der Waals surface area contributed by atoms with Crippen molar-refractivity contribution in [3.05, 3.63) is 41.2 Å². The molecule has 140 valence electrons. The topological polar surface area (TPSA) is 48.4 Å². The van der Waals surface area contributed by atoms with E-state index in [-0.39, 0.29) is 5.91 Å². The van der Waals surface area contributed by atoms with E-state index >= 15 is 0 Å². The van der Waals surface area contributed by atoms with E-state index in [4.69, 9.17) is 4.74 Å². The third kappa shape index (κ3) is 3.54. The van der Waals surface area contributed by atoms with Gasteiger partial charge in [-0.1, -0.05) is 25.5 Å². The van der Waals surface area contributed by atoms with Crippen LogP contribution in [0.4, 0.5) is 5.69 Å². The zero-order valence-corrected chi connectivity index (χ0v) is 16.2. The van der Waals surface area contributed by atoms with Crippen LogP contribution in [0.25, 0.3) is 0 Å². The van der Waals surface area contributed by atoms with Crippen LogP contribution in [-0.4, -0.2) is 62.6 Å². The van der Waals surface area contributed by atoms with Gasteiger partial charge in [0.05, 0.1) is 19.2 Å². The third-order valence-electron chi connectivity index (χ3n) is 4.94. The van der Waals surface area contributed by atoms with E-state index in [0.717, 1.165) is 30.9 Å². The molecule has 0 radical (unpaired) electrons. The number of likely N-dealkylation sites (N-methyl/N-ethyl adjacent to an activating group) is 2. The molecule has 0 fully saturated rings. The average Bonchev–Trinajstić information content (AvgIpc) is 2.77. The quantitative estimate of drug-likeness (QED) is 0.832. The summed E-state index contributed by atoms with van der Waals surface area (Å²) in [5, 5.41) is 0. The standard InChI is InChI=1S/C20H28N4O2/c1-5-6-8-15-9-7-10-16(13-15)24-12-11-22(2)18-17(19(24)25)14-23(3)20(21-18)26-4/h7,9-10,13H,5-6,8,11-12,14H2,1-4H3. The van der Waals surface area contributed by atoms with E-state index in [1.807, 2.05) is 40.9 Å². The third-order valence-corrected chi connectivity index (χ3v) is 4.94. The first-order valence-corrected chi connectivity index (χ1v) is 9.24. The molecule has 0 bridgehead atoms. The first-order valence-electron chi connectivity index (χ1n) is 9.24. The fourth-order valence-electron chi connectivity index (χ4n) is 3.43. The number of hydrogen-bond donors (Lipinski definition) is 0. The highest BCUT2D eigenvalue weighted by Crippen LogP contribution is 2.27. The van der Waals surface area contributed by atoms with Gasteiger partial charge < -0.3 is 19.4 Å². The van der Waals surface area contributed by atoms with Gasteiger partial charge in [-0.25, -0.2) is 0 Å². The highest BCUT2D eigenvalue weighted by Gasteiger charge is 2.33. The molecule has 0 atom stereocenters. The fraction of sp³-hybridized carbons (Fsp3) is 0.500. The molecule has 1 amide bonds. The number of amides is 1. The average molecular weight is 356 g/mol. The van der Waals surface area contributed by atoms with Gasteiger partial charge in [-0.2, -0.15) is 4.99 Å². The molecule has 2 aliphatic heterocycles. The summed E-state index contributed by atoms with van der Waals surface area (Å²) in [6, 6.07) is 8.90. The van der Waals surface area contributed by atoms with Crippen molar-refractivity contribution in [1.29, 1.82) is 0 Å². The summed E-state index contributed by atoms with van der Waals surface area (Å²) in [5.74, 6) is 0.748. The number of unbranched alkanes of at least 4 members (excludes halogenated alkanes) is 1. The zero-order chi connectivity index (χ0) is 18.7. The highest BCUT2D eigenvalue weighted by atomic mass is 16.5. The van der Waals surface area contributed by atoms with Gasteiger partial charge in [0.15, 0.2) is 0 Å². The van der Waals surface area contributed by atoms with Crippen LogP contribution < -0.4 is 4.90 Å². The van der Waals surface area contributed by atoms with E-state index in [1.165, 1.54) is 12.0 Å². The molecule has 0 spiro atoms. The minimum absolute atomic E-state index is 0.0303. The van der Waals surface area contributed by atoms with Crippen LogP contribution in [-0.2, 0) is 16.0 Å². The van der Waals surface area contributed by atoms with Crippen LogP contribution in [0.3, 0.4) is 0 Å². The normalized spacial score (nSPS) is 17.9. The lowest BCUT2D eigenvalue weighted by atomic mass is 10.1. The van der Waals surface area contributed by atoms with Crippen LogP contribution in [0.2, 0.25) is 0 Å². The van der Waals surface area contributed by atoms with Crippen LogP contribution >= 0.6 is 0 Å². The molecule has 6 heteroatoms. The molecule has 2 heterocycles. The van der Waals surface area contributed by atoms with Crippen molar-refractivity contribution in [3.63, 3.8) is 0 Å². The number of carbonyl (C=O) groups excluding carboxylic acids is 1. The van der Waals surface area contributed by atoms with E-state index in [1.54, 1.807) is 7.11 Å². The van der Waals surface area contributed by atoms with Crippen molar-refractivity contribution in [2.24, 2.45) is 4.99 Å². The van der Waals surface area contributed by atoms with Crippen molar-refractivity contribution < 1.29 is 9.53 Å². The molecule has 1 aromatic rings. The number of rotatable bonds is 4. The summed E-state index contributed by atoms with van der Waals surface area (Å²) in [6.07, 6.45) is 3.37. The van der Waals surface area contributed by atoms with Gasteiger partial charge in [-0.15, -0.1) is 0 Å². The summed E-state index contributed by atoms with van der Waals surface area (Å²) in [7, 11) is 5.47. The number of carbonyl (C=O) groups is 1. The van der Waals surface area contributed by atoms with Gasteiger partial charge in [-0.3, -0.25) is 4.79 Å². The Balaban J connectivity index is 1.93. The predicted molar refractivity (Wildman–Crippen MR) is 104 cm³/mol. The number of ether oxygens (including phenoxy) is 1. The molecule has 0 aliphatic carbocycles. The number of anilines is 1. The summed E-state index contributed by atoms with van der Waals surface area (Å²) in [6.45, 7) is 4.06. The van der Waals surface area contributed by atoms with E-state index < -0.39 is 0 Å². The number of nitrogens with zero attached hydrogens (tertiary/aromatic N) is 4. The number of benzene rings is 1. The molecule has 1 aromatic carbocycles. The Morgan fingerprint density at radius 3 is 2.73 bits per heavy atom. The maximum Gasteiger partial charge on any atom is 0.293 e.